The van der Waals surface area contributed by atoms with E-state index in [9.17, 15) is 4.79 Å². The van der Waals surface area contributed by atoms with Gasteiger partial charge in [-0.3, -0.25) is 0 Å². The normalized spacial score (nSPS) is 11.5. The Hall–Kier alpha value is -1.35. The minimum atomic E-state index is -0.873. The largest absolute Gasteiger partial charge is 0.478 e. The molecule has 0 spiro atoms. The highest BCUT2D eigenvalue weighted by molar-refractivity contribution is 5.89. The van der Waals surface area contributed by atoms with Crippen LogP contribution in [0.3, 0.4) is 0 Å². The predicted molar refractivity (Wildman–Crippen MR) is 67.2 cm³/mol. The van der Waals surface area contributed by atoms with E-state index in [2.05, 4.69) is 0 Å². The Kier molecular flexibility index (Phi) is 4.70. The zero-order valence-electron chi connectivity index (χ0n) is 10.4. The van der Waals surface area contributed by atoms with Gasteiger partial charge in [0.25, 0.3) is 0 Å². The molecule has 2 N–H and O–H groups in total. The molecule has 0 unspecified atom stereocenters. The van der Waals surface area contributed by atoms with Crippen molar-refractivity contribution in [2.45, 2.75) is 33.1 Å². The molecule has 0 aliphatic rings. The highest BCUT2D eigenvalue weighted by Crippen LogP contribution is 2.23. The molecule has 3 nitrogen and oxygen atoms in total. The highest BCUT2D eigenvalue weighted by Gasteiger charge is 2.16. The van der Waals surface area contributed by atoms with Crippen LogP contribution in [0, 0.1) is 5.41 Å². The fourth-order valence-electron chi connectivity index (χ4n) is 1.78. The van der Waals surface area contributed by atoms with Crippen LogP contribution in [0.1, 0.15) is 42.6 Å². The van der Waals surface area contributed by atoms with E-state index in [4.69, 9.17) is 10.2 Å². The van der Waals surface area contributed by atoms with Crippen molar-refractivity contribution in [1.29, 1.82) is 0 Å². The first-order valence-corrected chi connectivity index (χ1v) is 5.88. The van der Waals surface area contributed by atoms with Gasteiger partial charge < -0.3 is 10.2 Å². The lowest BCUT2D eigenvalue weighted by Gasteiger charge is -2.21. The molecule has 1 aromatic carbocycles. The number of aryl methyl sites for hydroxylation is 1. The van der Waals surface area contributed by atoms with Gasteiger partial charge in [0.1, 0.15) is 0 Å². The smallest absolute Gasteiger partial charge is 0.335 e. The van der Waals surface area contributed by atoms with Gasteiger partial charge in [0, 0.05) is 6.61 Å². The third-order valence-electron chi connectivity index (χ3n) is 2.98. The Bertz CT molecular complexity index is 383. The predicted octanol–water partition coefficient (Wildman–Crippen LogP) is 2.73. The second-order valence-corrected chi connectivity index (χ2v) is 5.14. The number of aliphatic hydroxyl groups is 1. The summed E-state index contributed by atoms with van der Waals surface area (Å²) in [6.07, 6.45) is 2.52. The van der Waals surface area contributed by atoms with E-state index in [1.54, 1.807) is 12.1 Å². The zero-order valence-corrected chi connectivity index (χ0v) is 10.4. The average molecular weight is 236 g/mol. The van der Waals surface area contributed by atoms with Crippen LogP contribution in [0.25, 0.3) is 0 Å². The van der Waals surface area contributed by atoms with Gasteiger partial charge in [-0.25, -0.2) is 4.79 Å². The second-order valence-electron chi connectivity index (χ2n) is 5.14. The summed E-state index contributed by atoms with van der Waals surface area (Å²) in [4.78, 5) is 11.0. The van der Waals surface area contributed by atoms with Gasteiger partial charge in [-0.2, -0.15) is 0 Å². The summed E-state index contributed by atoms with van der Waals surface area (Å²) in [7, 11) is 0. The number of carboxylic acids is 1. The second kappa shape index (κ2) is 5.82. The van der Waals surface area contributed by atoms with Crippen molar-refractivity contribution in [2.24, 2.45) is 5.41 Å². The number of carboxylic acid groups (broad SMARTS) is 1. The van der Waals surface area contributed by atoms with E-state index in [-0.39, 0.29) is 12.0 Å². The Labute approximate surface area is 102 Å². The fraction of sp³-hybridized carbons (Fsp3) is 0.500. The van der Waals surface area contributed by atoms with Crippen LogP contribution in [0.2, 0.25) is 0 Å². The van der Waals surface area contributed by atoms with Crippen molar-refractivity contribution in [2.75, 3.05) is 6.61 Å². The van der Waals surface area contributed by atoms with Gasteiger partial charge in [0.05, 0.1) is 5.56 Å². The molecular weight excluding hydrogens is 216 g/mol. The fourth-order valence-corrected chi connectivity index (χ4v) is 1.78. The summed E-state index contributed by atoms with van der Waals surface area (Å²) in [5.41, 5.74) is 1.17. The summed E-state index contributed by atoms with van der Waals surface area (Å²) < 4.78 is 0. The lowest BCUT2D eigenvalue weighted by molar-refractivity contribution is 0.0695. The first-order chi connectivity index (χ1) is 7.96. The number of benzene rings is 1. The molecule has 0 fully saturated rings. The molecule has 94 valence electrons. The Morgan fingerprint density at radius 3 is 2.53 bits per heavy atom. The molecule has 0 radical (unpaired) electrons. The van der Waals surface area contributed by atoms with Crippen LogP contribution in [-0.2, 0) is 6.42 Å². The van der Waals surface area contributed by atoms with Gasteiger partial charge in [0.15, 0.2) is 0 Å². The van der Waals surface area contributed by atoms with Crippen molar-refractivity contribution in [3.63, 3.8) is 0 Å². The highest BCUT2D eigenvalue weighted by atomic mass is 16.4. The first-order valence-electron chi connectivity index (χ1n) is 5.88. The van der Waals surface area contributed by atoms with Crippen LogP contribution in [0.5, 0.6) is 0 Å². The molecule has 0 amide bonds. The number of hydrogen-bond donors (Lipinski definition) is 2. The molecule has 3 heteroatoms. The van der Waals surface area contributed by atoms with Crippen LogP contribution in [0.15, 0.2) is 24.3 Å². The molecule has 0 atom stereocenters. The quantitative estimate of drug-likeness (QED) is 0.798. The standard InChI is InChI=1S/C14H20O3/c1-14(2,10-15)9-5-7-11-6-3-4-8-12(11)13(16)17/h3-4,6,8,15H,5,7,9-10H2,1-2H3,(H,16,17). The molecule has 0 aliphatic heterocycles. The Morgan fingerprint density at radius 1 is 1.29 bits per heavy atom. The van der Waals surface area contributed by atoms with Gasteiger partial charge in [-0.1, -0.05) is 32.0 Å². The number of aromatic carboxylic acids is 1. The number of aliphatic hydroxyl groups excluding tert-OH is 1. The molecule has 0 heterocycles. The van der Waals surface area contributed by atoms with Crippen LogP contribution >= 0.6 is 0 Å². The van der Waals surface area contributed by atoms with Gasteiger partial charge in [-0.15, -0.1) is 0 Å². The average Bonchev–Trinajstić information content (AvgIpc) is 2.29. The molecule has 0 aliphatic carbocycles. The monoisotopic (exact) mass is 236 g/mol. The van der Waals surface area contributed by atoms with Crippen LogP contribution in [0.4, 0.5) is 0 Å². The van der Waals surface area contributed by atoms with Crippen LogP contribution < -0.4 is 0 Å². The third kappa shape index (κ3) is 4.19. The number of rotatable bonds is 6. The molecule has 0 aromatic heterocycles. The van der Waals surface area contributed by atoms with E-state index in [0.29, 0.717) is 5.56 Å². The van der Waals surface area contributed by atoms with Crippen molar-refractivity contribution in [1.82, 2.24) is 0 Å². The molecule has 1 rings (SSSR count). The topological polar surface area (TPSA) is 57.5 Å². The van der Waals surface area contributed by atoms with E-state index in [1.807, 2.05) is 26.0 Å². The summed E-state index contributed by atoms with van der Waals surface area (Å²) >= 11 is 0. The summed E-state index contributed by atoms with van der Waals surface area (Å²) in [6, 6.07) is 7.09. The SMILES string of the molecule is CC(C)(CO)CCCc1ccccc1C(=O)O. The van der Waals surface area contributed by atoms with Crippen molar-refractivity contribution in [3.8, 4) is 0 Å². The minimum absolute atomic E-state index is 0.0852. The Balaban J connectivity index is 2.61. The van der Waals surface area contributed by atoms with E-state index < -0.39 is 5.97 Å². The Morgan fingerprint density at radius 2 is 1.94 bits per heavy atom. The lowest BCUT2D eigenvalue weighted by atomic mass is 9.87. The van der Waals surface area contributed by atoms with E-state index in [0.717, 1.165) is 24.8 Å². The van der Waals surface area contributed by atoms with Gasteiger partial charge in [0.2, 0.25) is 0 Å². The summed E-state index contributed by atoms with van der Waals surface area (Å²) in [6.45, 7) is 4.18. The van der Waals surface area contributed by atoms with Gasteiger partial charge in [-0.05, 0) is 36.3 Å². The zero-order chi connectivity index (χ0) is 12.9. The van der Waals surface area contributed by atoms with E-state index >= 15 is 0 Å². The summed E-state index contributed by atoms with van der Waals surface area (Å²) in [5.74, 6) is -0.873. The maximum Gasteiger partial charge on any atom is 0.335 e. The molecule has 0 saturated heterocycles. The lowest BCUT2D eigenvalue weighted by Crippen LogP contribution is -2.16. The molecular formula is C14H20O3. The first kappa shape index (κ1) is 13.7. The molecule has 0 bridgehead atoms. The number of carbonyl (C=O) groups is 1. The minimum Gasteiger partial charge on any atom is -0.478 e. The van der Waals surface area contributed by atoms with Crippen molar-refractivity contribution in [3.05, 3.63) is 35.4 Å². The molecule has 17 heavy (non-hydrogen) atoms. The van der Waals surface area contributed by atoms with Crippen molar-refractivity contribution >= 4 is 5.97 Å². The molecule has 0 saturated carbocycles. The maximum absolute atomic E-state index is 11.0. The van der Waals surface area contributed by atoms with Crippen molar-refractivity contribution < 1.29 is 15.0 Å². The number of hydrogen-bond acceptors (Lipinski definition) is 2. The third-order valence-corrected chi connectivity index (χ3v) is 2.98. The van der Waals surface area contributed by atoms with Crippen LogP contribution in [-0.4, -0.2) is 22.8 Å². The molecule has 1 aromatic rings. The van der Waals surface area contributed by atoms with E-state index in [1.165, 1.54) is 0 Å². The summed E-state index contributed by atoms with van der Waals surface area (Å²) in [5, 5.41) is 18.2. The van der Waals surface area contributed by atoms with Gasteiger partial charge >= 0.3 is 5.97 Å². The maximum atomic E-state index is 11.0.